The van der Waals surface area contributed by atoms with Crippen LogP contribution in [0.3, 0.4) is 0 Å². The van der Waals surface area contributed by atoms with Crippen LogP contribution in [0, 0.1) is 11.3 Å². The molecule has 0 saturated heterocycles. The Kier molecular flexibility index (Phi) is 2.90. The second-order valence-corrected chi connectivity index (χ2v) is 4.12. The molecular formula is C10H21N. The van der Waals surface area contributed by atoms with Gasteiger partial charge in [0, 0.05) is 6.04 Å². The fraction of sp³-hybridized carbons (Fsp3) is 0.800. The quantitative estimate of drug-likeness (QED) is 0.579. The topological polar surface area (TPSA) is 26.0 Å². The largest absolute Gasteiger partial charge is 0.327 e. The first-order valence-corrected chi connectivity index (χ1v) is 3.87. The molecule has 0 aromatic rings. The molecule has 2 atom stereocenters. The Morgan fingerprint density at radius 1 is 1.36 bits per heavy atom. The first-order chi connectivity index (χ1) is 4.46. The fourth-order valence-electron chi connectivity index (χ4n) is 1.40. The summed E-state index contributed by atoms with van der Waals surface area (Å²) in [5.74, 6) is 0.623. The predicted octanol–water partition coefficient (Wildman–Crippen LogP) is 2.57. The van der Waals surface area contributed by atoms with Crippen molar-refractivity contribution < 1.29 is 0 Å². The van der Waals surface area contributed by atoms with Crippen molar-refractivity contribution in [1.82, 2.24) is 0 Å². The van der Waals surface area contributed by atoms with E-state index in [1.807, 2.05) is 0 Å². The Labute approximate surface area is 70.7 Å². The lowest BCUT2D eigenvalue weighted by atomic mass is 10.1. The third kappa shape index (κ3) is 1.84. The number of rotatable bonds is 1. The van der Waals surface area contributed by atoms with E-state index in [0.717, 1.165) is 0 Å². The van der Waals surface area contributed by atoms with Gasteiger partial charge in [0.1, 0.15) is 0 Å². The first-order valence-electron chi connectivity index (χ1n) is 3.87. The van der Waals surface area contributed by atoms with E-state index in [2.05, 4.69) is 33.8 Å². The Morgan fingerprint density at radius 3 is 1.82 bits per heavy atom. The van der Waals surface area contributed by atoms with Crippen LogP contribution < -0.4 is 5.73 Å². The fourth-order valence-corrected chi connectivity index (χ4v) is 1.40. The minimum absolute atomic E-state index is 0. The van der Waals surface area contributed by atoms with Crippen LogP contribution in [-0.4, -0.2) is 6.04 Å². The van der Waals surface area contributed by atoms with Gasteiger partial charge in [0.05, 0.1) is 0 Å². The molecule has 1 aliphatic rings. The van der Waals surface area contributed by atoms with Gasteiger partial charge in [-0.05, 0) is 25.2 Å². The summed E-state index contributed by atoms with van der Waals surface area (Å²) in [5, 5.41) is 0. The van der Waals surface area contributed by atoms with Crippen LogP contribution in [0.2, 0.25) is 0 Å². The molecule has 0 bridgehead atoms. The van der Waals surface area contributed by atoms with Crippen LogP contribution >= 0.6 is 0 Å². The molecule has 0 spiro atoms. The lowest BCUT2D eigenvalue weighted by Gasteiger charge is -1.96. The van der Waals surface area contributed by atoms with Crippen molar-refractivity contribution in [3.8, 4) is 0 Å². The Morgan fingerprint density at radius 2 is 1.73 bits per heavy atom. The van der Waals surface area contributed by atoms with E-state index in [0.29, 0.717) is 17.4 Å². The molecule has 1 nitrogen and oxygen atoms in total. The Balaban J connectivity index is 0.000001000. The molecule has 66 valence electrons. The zero-order valence-electron chi connectivity index (χ0n) is 7.31. The number of allylic oxidation sites excluding steroid dienone is 1. The summed E-state index contributed by atoms with van der Waals surface area (Å²) in [6.07, 6.45) is 2.28. The van der Waals surface area contributed by atoms with Crippen LogP contribution in [-0.2, 0) is 0 Å². The summed E-state index contributed by atoms with van der Waals surface area (Å²) in [6.45, 7) is 8.70. The van der Waals surface area contributed by atoms with Crippen LogP contribution in [0.25, 0.3) is 0 Å². The lowest BCUT2D eigenvalue weighted by Crippen LogP contribution is -2.06. The maximum absolute atomic E-state index is 5.85. The average Bonchev–Trinajstić information content (AvgIpc) is 2.17. The summed E-state index contributed by atoms with van der Waals surface area (Å²) >= 11 is 0. The van der Waals surface area contributed by atoms with Gasteiger partial charge in [0.2, 0.25) is 0 Å². The number of hydrogen-bond acceptors (Lipinski definition) is 1. The van der Waals surface area contributed by atoms with Gasteiger partial charge in [-0.3, -0.25) is 0 Å². The molecule has 0 aromatic carbocycles. The first kappa shape index (κ1) is 10.7. The molecule has 2 unspecified atom stereocenters. The smallest absolute Gasteiger partial charge is 0.0166 e. The normalized spacial score (nSPS) is 32.1. The summed E-state index contributed by atoms with van der Waals surface area (Å²) in [7, 11) is 0. The van der Waals surface area contributed by atoms with Gasteiger partial charge in [-0.1, -0.05) is 32.9 Å². The van der Waals surface area contributed by atoms with Crippen LogP contribution in [0.4, 0.5) is 0 Å². The minimum atomic E-state index is 0. The molecule has 1 rings (SSSR count). The molecule has 0 amide bonds. The molecule has 1 heteroatoms. The maximum Gasteiger partial charge on any atom is 0.0166 e. The van der Waals surface area contributed by atoms with E-state index in [9.17, 15) is 0 Å². The van der Waals surface area contributed by atoms with E-state index in [4.69, 9.17) is 5.73 Å². The second-order valence-electron chi connectivity index (χ2n) is 4.12. The second kappa shape index (κ2) is 2.98. The van der Waals surface area contributed by atoms with Gasteiger partial charge in [0.25, 0.3) is 0 Å². The van der Waals surface area contributed by atoms with Crippen LogP contribution in [0.15, 0.2) is 11.6 Å². The molecule has 2 N–H and O–H groups in total. The zero-order chi connectivity index (χ0) is 7.94. The molecule has 1 aliphatic carbocycles. The lowest BCUT2D eigenvalue weighted by molar-refractivity contribution is 0.590. The van der Waals surface area contributed by atoms with Gasteiger partial charge in [-0.25, -0.2) is 0 Å². The Hall–Kier alpha value is -0.300. The molecule has 0 aliphatic heterocycles. The van der Waals surface area contributed by atoms with Gasteiger partial charge in [-0.15, -0.1) is 0 Å². The Bertz CT molecular complexity index is 164. The highest BCUT2D eigenvalue weighted by atomic mass is 14.8. The molecular weight excluding hydrogens is 134 g/mol. The average molecular weight is 155 g/mol. The summed E-state index contributed by atoms with van der Waals surface area (Å²) in [5.41, 5.74) is 7.59. The highest BCUT2D eigenvalue weighted by molar-refractivity contribution is 5.19. The zero-order valence-corrected chi connectivity index (χ0v) is 7.31. The van der Waals surface area contributed by atoms with Crippen molar-refractivity contribution in [2.75, 3.05) is 0 Å². The van der Waals surface area contributed by atoms with E-state index < -0.39 is 0 Å². The van der Waals surface area contributed by atoms with E-state index >= 15 is 0 Å². The third-order valence-electron chi connectivity index (χ3n) is 2.51. The third-order valence-corrected chi connectivity index (χ3v) is 2.51. The minimum Gasteiger partial charge on any atom is -0.327 e. The monoisotopic (exact) mass is 155 g/mol. The van der Waals surface area contributed by atoms with Gasteiger partial charge < -0.3 is 5.73 Å². The SMILES string of the molecule is C.CC(C)=CC1C(N)C1(C)C. The molecule has 11 heavy (non-hydrogen) atoms. The molecule has 1 fully saturated rings. The summed E-state index contributed by atoms with van der Waals surface area (Å²) in [4.78, 5) is 0. The van der Waals surface area contributed by atoms with Crippen molar-refractivity contribution in [1.29, 1.82) is 0 Å². The van der Waals surface area contributed by atoms with Crippen LogP contribution in [0.1, 0.15) is 35.1 Å². The van der Waals surface area contributed by atoms with E-state index in [1.165, 1.54) is 5.57 Å². The number of hydrogen-bond donors (Lipinski definition) is 1. The van der Waals surface area contributed by atoms with Crippen molar-refractivity contribution in [3.63, 3.8) is 0 Å². The van der Waals surface area contributed by atoms with Gasteiger partial charge in [-0.2, -0.15) is 0 Å². The van der Waals surface area contributed by atoms with Crippen molar-refractivity contribution in [2.45, 2.75) is 41.2 Å². The highest BCUT2D eigenvalue weighted by Crippen LogP contribution is 2.51. The van der Waals surface area contributed by atoms with Gasteiger partial charge in [0.15, 0.2) is 0 Å². The predicted molar refractivity (Wildman–Crippen MR) is 51.4 cm³/mol. The highest BCUT2D eigenvalue weighted by Gasteiger charge is 2.53. The van der Waals surface area contributed by atoms with E-state index in [1.54, 1.807) is 0 Å². The molecule has 1 saturated carbocycles. The van der Waals surface area contributed by atoms with Gasteiger partial charge >= 0.3 is 0 Å². The van der Waals surface area contributed by atoms with Crippen LogP contribution in [0.5, 0.6) is 0 Å². The number of nitrogens with two attached hydrogens (primary N) is 1. The summed E-state index contributed by atoms with van der Waals surface area (Å²) < 4.78 is 0. The van der Waals surface area contributed by atoms with Crippen molar-refractivity contribution >= 4 is 0 Å². The maximum atomic E-state index is 5.85. The van der Waals surface area contributed by atoms with Crippen molar-refractivity contribution in [3.05, 3.63) is 11.6 Å². The summed E-state index contributed by atoms with van der Waals surface area (Å²) in [6, 6.07) is 0.391. The molecule has 0 heterocycles. The molecule has 0 radical (unpaired) electrons. The molecule has 0 aromatic heterocycles. The van der Waals surface area contributed by atoms with Crippen molar-refractivity contribution in [2.24, 2.45) is 17.1 Å². The standard InChI is InChI=1S/C9H17N.CH4/c1-6(2)5-7-8(10)9(7,3)4;/h5,7-8H,10H2,1-4H3;1H4. The van der Waals surface area contributed by atoms with E-state index in [-0.39, 0.29) is 7.43 Å².